The molecule has 0 saturated heterocycles. The minimum Gasteiger partial charge on any atom is -0.394 e. The third kappa shape index (κ3) is 5.06. The molecular weight excluding hydrogens is 305 g/mol. The van der Waals surface area contributed by atoms with Crippen molar-refractivity contribution in [2.24, 2.45) is 0 Å². The molecule has 1 unspecified atom stereocenters. The highest BCUT2D eigenvalue weighted by Crippen LogP contribution is 2.12. The maximum absolute atomic E-state index is 11.4. The summed E-state index contributed by atoms with van der Waals surface area (Å²) in [6.07, 6.45) is 0.582. The van der Waals surface area contributed by atoms with Gasteiger partial charge in [-0.05, 0) is 31.0 Å². The number of carbonyl (C=O) groups is 1. The first-order valence-electron chi connectivity index (χ1n) is 5.32. The predicted octanol–water partition coefficient (Wildman–Crippen LogP) is 2.10. The molecule has 94 valence electrons. The monoisotopic (exact) mass is 319 g/mol. The van der Waals surface area contributed by atoms with Gasteiger partial charge >= 0.3 is 0 Å². The molecule has 2 N–H and O–H groups in total. The van der Waals surface area contributed by atoms with E-state index in [4.69, 9.17) is 11.6 Å². The highest BCUT2D eigenvalue weighted by atomic mass is 79.9. The van der Waals surface area contributed by atoms with Crippen LogP contribution in [0.25, 0.3) is 0 Å². The molecule has 17 heavy (non-hydrogen) atoms. The SMILES string of the molecule is CC(Cl)C(=O)N[C@H](CO)Cc1ccc(Br)cc1. The number of alkyl halides is 1. The maximum atomic E-state index is 11.4. The zero-order valence-corrected chi connectivity index (χ0v) is 11.8. The standard InChI is InChI=1S/C12H15BrClNO2/c1-8(14)12(17)15-11(7-16)6-9-2-4-10(13)5-3-9/h2-5,8,11,16H,6-7H2,1H3,(H,15,17)/t8?,11-/m0/s1. The Labute approximate surface area is 114 Å². The fraction of sp³-hybridized carbons (Fsp3) is 0.417. The Morgan fingerprint density at radius 1 is 1.47 bits per heavy atom. The van der Waals surface area contributed by atoms with Gasteiger partial charge in [-0.3, -0.25) is 4.79 Å². The molecule has 0 radical (unpaired) electrons. The molecule has 2 atom stereocenters. The molecule has 0 aliphatic rings. The lowest BCUT2D eigenvalue weighted by atomic mass is 10.1. The van der Waals surface area contributed by atoms with E-state index in [9.17, 15) is 9.90 Å². The molecule has 1 aromatic rings. The summed E-state index contributed by atoms with van der Waals surface area (Å²) < 4.78 is 1.00. The summed E-state index contributed by atoms with van der Waals surface area (Å²) in [6.45, 7) is 1.50. The van der Waals surface area contributed by atoms with E-state index in [0.29, 0.717) is 6.42 Å². The average Bonchev–Trinajstić information content (AvgIpc) is 2.30. The molecule has 0 bridgehead atoms. The van der Waals surface area contributed by atoms with E-state index in [1.54, 1.807) is 6.92 Å². The minimum absolute atomic E-state index is 0.106. The average molecular weight is 321 g/mol. The van der Waals surface area contributed by atoms with Crippen LogP contribution < -0.4 is 5.32 Å². The number of hydrogen-bond acceptors (Lipinski definition) is 2. The van der Waals surface area contributed by atoms with Crippen LogP contribution in [-0.4, -0.2) is 29.0 Å². The first-order valence-corrected chi connectivity index (χ1v) is 6.55. The van der Waals surface area contributed by atoms with E-state index < -0.39 is 5.38 Å². The summed E-state index contributed by atoms with van der Waals surface area (Å²) in [4.78, 5) is 11.4. The number of benzene rings is 1. The number of carbonyl (C=O) groups excluding carboxylic acids is 1. The van der Waals surface area contributed by atoms with Crippen molar-refractivity contribution < 1.29 is 9.90 Å². The second-order valence-corrected chi connectivity index (χ2v) is 5.41. The van der Waals surface area contributed by atoms with Crippen molar-refractivity contribution in [1.82, 2.24) is 5.32 Å². The third-order valence-electron chi connectivity index (χ3n) is 2.32. The van der Waals surface area contributed by atoms with Crippen LogP contribution in [0.1, 0.15) is 12.5 Å². The van der Waals surface area contributed by atoms with Crippen molar-refractivity contribution >= 4 is 33.4 Å². The van der Waals surface area contributed by atoms with E-state index in [1.807, 2.05) is 24.3 Å². The summed E-state index contributed by atoms with van der Waals surface area (Å²) in [5.74, 6) is -0.261. The van der Waals surface area contributed by atoms with Crippen molar-refractivity contribution in [1.29, 1.82) is 0 Å². The second kappa shape index (κ2) is 6.99. The van der Waals surface area contributed by atoms with Gasteiger partial charge in [-0.2, -0.15) is 0 Å². The van der Waals surface area contributed by atoms with Crippen LogP contribution in [0.4, 0.5) is 0 Å². The number of nitrogens with one attached hydrogen (secondary N) is 1. The zero-order chi connectivity index (χ0) is 12.8. The Morgan fingerprint density at radius 2 is 2.06 bits per heavy atom. The number of hydrogen-bond donors (Lipinski definition) is 2. The van der Waals surface area contributed by atoms with Crippen LogP contribution in [0.15, 0.2) is 28.7 Å². The lowest BCUT2D eigenvalue weighted by Gasteiger charge is -2.17. The van der Waals surface area contributed by atoms with Crippen molar-refractivity contribution in [3.05, 3.63) is 34.3 Å². The van der Waals surface area contributed by atoms with E-state index in [-0.39, 0.29) is 18.6 Å². The lowest BCUT2D eigenvalue weighted by Crippen LogP contribution is -2.42. The largest absolute Gasteiger partial charge is 0.394 e. The maximum Gasteiger partial charge on any atom is 0.238 e. The Kier molecular flexibility index (Phi) is 5.95. The second-order valence-electron chi connectivity index (χ2n) is 3.83. The summed E-state index contributed by atoms with van der Waals surface area (Å²) in [5.41, 5.74) is 1.05. The van der Waals surface area contributed by atoms with Crippen molar-refractivity contribution in [3.63, 3.8) is 0 Å². The number of aliphatic hydroxyl groups is 1. The van der Waals surface area contributed by atoms with Crippen molar-refractivity contribution in [3.8, 4) is 0 Å². The summed E-state index contributed by atoms with van der Waals surface area (Å²) in [6, 6.07) is 7.45. The molecular formula is C12H15BrClNO2. The Hall–Kier alpha value is -0.580. The fourth-order valence-electron chi connectivity index (χ4n) is 1.38. The van der Waals surface area contributed by atoms with Gasteiger partial charge in [0.25, 0.3) is 0 Å². The molecule has 0 heterocycles. The van der Waals surface area contributed by atoms with Crippen molar-refractivity contribution in [2.45, 2.75) is 24.8 Å². The topological polar surface area (TPSA) is 49.3 Å². The predicted molar refractivity (Wildman–Crippen MR) is 72.2 cm³/mol. The zero-order valence-electron chi connectivity index (χ0n) is 9.49. The first kappa shape index (κ1) is 14.5. The lowest BCUT2D eigenvalue weighted by molar-refractivity contribution is -0.121. The highest BCUT2D eigenvalue weighted by molar-refractivity contribution is 9.10. The van der Waals surface area contributed by atoms with Gasteiger partial charge in [-0.1, -0.05) is 28.1 Å². The summed E-state index contributed by atoms with van der Waals surface area (Å²) in [5, 5.41) is 11.3. The van der Waals surface area contributed by atoms with E-state index in [1.165, 1.54) is 0 Å². The Morgan fingerprint density at radius 3 is 2.53 bits per heavy atom. The normalized spacial score (nSPS) is 14.1. The van der Waals surface area contributed by atoms with Gasteiger partial charge in [-0.25, -0.2) is 0 Å². The molecule has 0 spiro atoms. The summed E-state index contributed by atoms with van der Waals surface area (Å²) >= 11 is 9.00. The molecule has 1 aromatic carbocycles. The minimum atomic E-state index is -0.589. The van der Waals surface area contributed by atoms with Gasteiger partial charge in [0.15, 0.2) is 0 Å². The van der Waals surface area contributed by atoms with Gasteiger partial charge < -0.3 is 10.4 Å². The number of amides is 1. The van der Waals surface area contributed by atoms with Gasteiger partial charge in [0.2, 0.25) is 5.91 Å². The van der Waals surface area contributed by atoms with Gasteiger partial charge in [0.1, 0.15) is 5.38 Å². The molecule has 0 aliphatic heterocycles. The van der Waals surface area contributed by atoms with Crippen LogP contribution >= 0.6 is 27.5 Å². The molecule has 5 heteroatoms. The molecule has 0 fully saturated rings. The molecule has 1 rings (SSSR count). The van der Waals surface area contributed by atoms with Crippen LogP contribution in [-0.2, 0) is 11.2 Å². The van der Waals surface area contributed by atoms with Crippen LogP contribution in [0.3, 0.4) is 0 Å². The number of aliphatic hydroxyl groups excluding tert-OH is 1. The van der Waals surface area contributed by atoms with Crippen LogP contribution in [0.5, 0.6) is 0 Å². The molecule has 1 amide bonds. The smallest absolute Gasteiger partial charge is 0.238 e. The van der Waals surface area contributed by atoms with Crippen molar-refractivity contribution in [2.75, 3.05) is 6.61 Å². The molecule has 0 aromatic heterocycles. The van der Waals surface area contributed by atoms with Gasteiger partial charge in [0, 0.05) is 4.47 Å². The number of halogens is 2. The van der Waals surface area contributed by atoms with Crippen LogP contribution in [0.2, 0.25) is 0 Å². The molecule has 0 aliphatic carbocycles. The third-order valence-corrected chi connectivity index (χ3v) is 3.05. The quantitative estimate of drug-likeness (QED) is 0.816. The van der Waals surface area contributed by atoms with Gasteiger partial charge in [-0.15, -0.1) is 11.6 Å². The van der Waals surface area contributed by atoms with Crippen LogP contribution in [0, 0.1) is 0 Å². The molecule has 3 nitrogen and oxygen atoms in total. The van der Waals surface area contributed by atoms with E-state index >= 15 is 0 Å². The fourth-order valence-corrected chi connectivity index (χ4v) is 1.71. The van der Waals surface area contributed by atoms with E-state index in [0.717, 1.165) is 10.0 Å². The highest BCUT2D eigenvalue weighted by Gasteiger charge is 2.15. The number of rotatable bonds is 5. The van der Waals surface area contributed by atoms with E-state index in [2.05, 4.69) is 21.2 Å². The van der Waals surface area contributed by atoms with Gasteiger partial charge in [0.05, 0.1) is 12.6 Å². The first-order chi connectivity index (χ1) is 8.02. The Bertz CT molecular complexity index is 367. The summed E-state index contributed by atoms with van der Waals surface area (Å²) in [7, 11) is 0. The molecule has 0 saturated carbocycles. The Balaban J connectivity index is 2.57.